The minimum Gasteiger partial charge on any atom is -0.384 e. The third-order valence-corrected chi connectivity index (χ3v) is 6.08. The van der Waals surface area contributed by atoms with E-state index in [0.29, 0.717) is 12.1 Å². The second-order valence-electron chi connectivity index (χ2n) is 6.23. The van der Waals surface area contributed by atoms with Crippen LogP contribution in [0.5, 0.6) is 0 Å². The molecule has 0 unspecified atom stereocenters. The van der Waals surface area contributed by atoms with Crippen LogP contribution in [0.4, 0.5) is 0 Å². The Hall–Kier alpha value is -2.22. The molecule has 0 fully saturated rings. The van der Waals surface area contributed by atoms with Crippen molar-refractivity contribution >= 4 is 15.7 Å². The van der Waals surface area contributed by atoms with Crippen LogP contribution >= 0.6 is 0 Å². The van der Waals surface area contributed by atoms with Gasteiger partial charge in [0.2, 0.25) is 0 Å². The summed E-state index contributed by atoms with van der Waals surface area (Å²) in [6.45, 7) is 2.32. The number of amides is 1. The van der Waals surface area contributed by atoms with E-state index < -0.39 is 9.84 Å². The lowest BCUT2D eigenvalue weighted by Gasteiger charge is -2.08. The van der Waals surface area contributed by atoms with E-state index in [-0.39, 0.29) is 23.2 Å². The molecule has 0 saturated heterocycles. The Morgan fingerprint density at radius 3 is 2.58 bits per heavy atom. The van der Waals surface area contributed by atoms with Crippen molar-refractivity contribution < 1.29 is 17.9 Å². The highest BCUT2D eigenvalue weighted by Crippen LogP contribution is 2.17. The molecule has 1 aliphatic heterocycles. The molecule has 1 heterocycles. The monoisotopic (exact) mass is 374 g/mol. The molecule has 26 heavy (non-hydrogen) atoms. The summed E-state index contributed by atoms with van der Waals surface area (Å²) in [5.74, 6) is -0.313. The first-order valence-electron chi connectivity index (χ1n) is 8.41. The van der Waals surface area contributed by atoms with E-state index >= 15 is 0 Å². The molecule has 2 aromatic carbocycles. The van der Waals surface area contributed by atoms with Crippen molar-refractivity contribution in [3.63, 3.8) is 0 Å². The summed E-state index contributed by atoms with van der Waals surface area (Å²) in [7, 11) is -1.93. The van der Waals surface area contributed by atoms with Crippen LogP contribution in [0.15, 0.2) is 47.4 Å². The predicted molar refractivity (Wildman–Crippen MR) is 98.5 cm³/mol. The number of hydrogen-bond donors (Lipinski definition) is 2. The normalized spacial score (nSPS) is 13.4. The lowest BCUT2D eigenvalue weighted by molar-refractivity contribution is 0.0951. The molecule has 3 rings (SSSR count). The predicted octanol–water partition coefficient (Wildman–Crippen LogP) is 1.64. The molecule has 0 atom stereocenters. The van der Waals surface area contributed by atoms with Gasteiger partial charge in [0.25, 0.3) is 5.91 Å². The maximum Gasteiger partial charge on any atom is 0.251 e. The van der Waals surface area contributed by atoms with Crippen LogP contribution < -0.4 is 10.6 Å². The lowest BCUT2D eigenvalue weighted by atomic mass is 10.1. The molecule has 1 amide bonds. The van der Waals surface area contributed by atoms with Crippen LogP contribution in [-0.2, 0) is 34.2 Å². The van der Waals surface area contributed by atoms with Crippen molar-refractivity contribution in [2.75, 3.05) is 19.5 Å². The Balaban J connectivity index is 1.61. The van der Waals surface area contributed by atoms with Gasteiger partial charge >= 0.3 is 0 Å². The summed E-state index contributed by atoms with van der Waals surface area (Å²) in [6, 6.07) is 12.2. The number of hydrogen-bond acceptors (Lipinski definition) is 5. The fraction of sp³-hybridized carbons (Fsp3) is 0.316. The van der Waals surface area contributed by atoms with Gasteiger partial charge in [-0.2, -0.15) is 0 Å². The average molecular weight is 374 g/mol. The molecule has 1 aliphatic rings. The Kier molecular flexibility index (Phi) is 5.70. The summed E-state index contributed by atoms with van der Waals surface area (Å²) >= 11 is 0. The number of benzene rings is 2. The maximum atomic E-state index is 12.3. The summed E-state index contributed by atoms with van der Waals surface area (Å²) in [6.07, 6.45) is 0. The van der Waals surface area contributed by atoms with E-state index in [9.17, 15) is 13.2 Å². The molecule has 0 radical (unpaired) electrons. The number of sulfone groups is 1. The van der Waals surface area contributed by atoms with Crippen LogP contribution in [0.1, 0.15) is 27.0 Å². The fourth-order valence-corrected chi connectivity index (χ4v) is 4.04. The molecule has 7 heteroatoms. The quantitative estimate of drug-likeness (QED) is 0.770. The SMILES string of the molecule is COCCS(=O)(=O)c1ccc(C(=O)NCc2ccc3c(c2)CNC3)cc1. The molecular weight excluding hydrogens is 352 g/mol. The summed E-state index contributed by atoms with van der Waals surface area (Å²) in [5.41, 5.74) is 4.03. The van der Waals surface area contributed by atoms with E-state index in [4.69, 9.17) is 4.74 Å². The first kappa shape index (κ1) is 18.6. The fourth-order valence-electron chi connectivity index (χ4n) is 2.87. The van der Waals surface area contributed by atoms with Gasteiger partial charge in [-0.1, -0.05) is 18.2 Å². The van der Waals surface area contributed by atoms with Gasteiger partial charge in [-0.3, -0.25) is 4.79 Å². The Bertz CT molecular complexity index is 892. The second-order valence-corrected chi connectivity index (χ2v) is 8.33. The van der Waals surface area contributed by atoms with E-state index in [1.54, 1.807) is 0 Å². The molecule has 0 aromatic heterocycles. The number of fused-ring (bicyclic) bond motifs is 1. The van der Waals surface area contributed by atoms with Gasteiger partial charge in [-0.05, 0) is 41.0 Å². The Morgan fingerprint density at radius 1 is 1.12 bits per heavy atom. The van der Waals surface area contributed by atoms with Crippen LogP contribution in [0.3, 0.4) is 0 Å². The summed E-state index contributed by atoms with van der Waals surface area (Å²) < 4.78 is 29.0. The van der Waals surface area contributed by atoms with E-state index in [0.717, 1.165) is 18.7 Å². The highest BCUT2D eigenvalue weighted by atomic mass is 32.2. The molecule has 0 spiro atoms. The van der Waals surface area contributed by atoms with E-state index in [1.807, 2.05) is 6.07 Å². The van der Waals surface area contributed by atoms with Crippen molar-refractivity contribution in [2.24, 2.45) is 0 Å². The largest absolute Gasteiger partial charge is 0.384 e. The molecule has 0 aliphatic carbocycles. The molecule has 138 valence electrons. The van der Waals surface area contributed by atoms with Crippen LogP contribution in [-0.4, -0.2) is 33.8 Å². The molecular formula is C19H22N2O4S. The van der Waals surface area contributed by atoms with Crippen molar-refractivity contribution in [3.8, 4) is 0 Å². The highest BCUT2D eigenvalue weighted by Gasteiger charge is 2.15. The van der Waals surface area contributed by atoms with Gasteiger partial charge < -0.3 is 15.4 Å². The van der Waals surface area contributed by atoms with Crippen molar-refractivity contribution in [1.82, 2.24) is 10.6 Å². The highest BCUT2D eigenvalue weighted by molar-refractivity contribution is 7.91. The first-order valence-corrected chi connectivity index (χ1v) is 10.1. The smallest absolute Gasteiger partial charge is 0.251 e. The zero-order valence-electron chi connectivity index (χ0n) is 14.6. The summed E-state index contributed by atoms with van der Waals surface area (Å²) in [5, 5.41) is 6.16. The zero-order valence-corrected chi connectivity index (χ0v) is 15.4. The molecule has 2 aromatic rings. The average Bonchev–Trinajstić information content (AvgIpc) is 3.12. The van der Waals surface area contributed by atoms with Gasteiger partial charge in [0, 0.05) is 32.3 Å². The van der Waals surface area contributed by atoms with Gasteiger partial charge in [0.1, 0.15) is 0 Å². The Morgan fingerprint density at radius 2 is 1.85 bits per heavy atom. The maximum absolute atomic E-state index is 12.3. The minimum atomic E-state index is -3.39. The number of carbonyl (C=O) groups excluding carboxylic acids is 1. The number of nitrogens with one attached hydrogen (secondary N) is 2. The zero-order chi connectivity index (χ0) is 18.6. The summed E-state index contributed by atoms with van der Waals surface area (Å²) in [4.78, 5) is 12.5. The third kappa shape index (κ3) is 4.30. The lowest BCUT2D eigenvalue weighted by Crippen LogP contribution is -2.23. The van der Waals surface area contributed by atoms with Gasteiger partial charge in [-0.25, -0.2) is 8.42 Å². The second kappa shape index (κ2) is 7.99. The van der Waals surface area contributed by atoms with Crippen molar-refractivity contribution in [2.45, 2.75) is 24.5 Å². The van der Waals surface area contributed by atoms with Crippen molar-refractivity contribution in [1.29, 1.82) is 0 Å². The topological polar surface area (TPSA) is 84.5 Å². The number of methoxy groups -OCH3 is 1. The molecule has 2 N–H and O–H groups in total. The first-order chi connectivity index (χ1) is 12.5. The minimum absolute atomic E-state index is 0.0811. The number of carbonyl (C=O) groups is 1. The van der Waals surface area contributed by atoms with Crippen LogP contribution in [0.25, 0.3) is 0 Å². The third-order valence-electron chi connectivity index (χ3n) is 4.39. The molecule has 0 saturated carbocycles. The van der Waals surface area contributed by atoms with Crippen LogP contribution in [0, 0.1) is 0 Å². The molecule has 6 nitrogen and oxygen atoms in total. The number of ether oxygens (including phenoxy) is 1. The number of rotatable bonds is 7. The molecule has 0 bridgehead atoms. The standard InChI is InChI=1S/C19H22N2O4S/c1-25-8-9-26(23,24)18-6-4-15(5-7-18)19(22)21-11-14-2-3-16-12-20-13-17(16)10-14/h2-7,10,20H,8-9,11-13H2,1H3,(H,21,22). The Labute approximate surface area is 153 Å². The van der Waals surface area contributed by atoms with E-state index in [2.05, 4.69) is 22.8 Å². The van der Waals surface area contributed by atoms with Crippen LogP contribution in [0.2, 0.25) is 0 Å². The van der Waals surface area contributed by atoms with Gasteiger partial charge in [-0.15, -0.1) is 0 Å². The van der Waals surface area contributed by atoms with Crippen molar-refractivity contribution in [3.05, 3.63) is 64.7 Å². The van der Waals surface area contributed by atoms with Gasteiger partial charge in [0.15, 0.2) is 9.84 Å². The van der Waals surface area contributed by atoms with E-state index in [1.165, 1.54) is 42.5 Å². The van der Waals surface area contributed by atoms with Gasteiger partial charge in [0.05, 0.1) is 17.3 Å².